The molecule has 212 valence electrons. The molecule has 0 aliphatic carbocycles. The number of rotatable bonds is 10. The van der Waals surface area contributed by atoms with Crippen LogP contribution in [-0.4, -0.2) is 47.4 Å². The molecule has 2 heterocycles. The molecule has 1 aliphatic rings. The number of ether oxygens (including phenoxy) is 1. The van der Waals surface area contributed by atoms with Gasteiger partial charge in [-0.05, 0) is 68.5 Å². The Morgan fingerprint density at radius 3 is 2.12 bits per heavy atom. The lowest BCUT2D eigenvalue weighted by molar-refractivity contribution is 0.0713. The Labute approximate surface area is 246 Å². The standard InChI is InChI=1S/C34H37N3O3S/c1-24(2)40-29-15-13-28(14-16-29)34(39)37-21-18-27(19-22-37)33-36-31(23-41-33)32(38)35-20-17-30(25-9-5-3-6-10-25)26-11-7-4-8-12-26/h3-16,23-24,27,30H,17-22H2,1-2H3,(H,35,38). The quantitative estimate of drug-likeness (QED) is 0.226. The first-order valence-electron chi connectivity index (χ1n) is 14.4. The van der Waals surface area contributed by atoms with Crippen LogP contribution in [0.15, 0.2) is 90.3 Å². The summed E-state index contributed by atoms with van der Waals surface area (Å²) in [5.74, 6) is 1.15. The Hall–Kier alpha value is -3.97. The van der Waals surface area contributed by atoms with Crippen LogP contribution in [0.1, 0.15) is 81.9 Å². The first kappa shape index (κ1) is 28.6. The fourth-order valence-electron chi connectivity index (χ4n) is 5.36. The molecule has 1 saturated heterocycles. The van der Waals surface area contributed by atoms with Gasteiger partial charge >= 0.3 is 0 Å². The highest BCUT2D eigenvalue weighted by Crippen LogP contribution is 2.31. The third-order valence-corrected chi connectivity index (χ3v) is 8.49. The zero-order chi connectivity index (χ0) is 28.6. The van der Waals surface area contributed by atoms with Crippen molar-refractivity contribution in [3.63, 3.8) is 0 Å². The maximum Gasteiger partial charge on any atom is 0.270 e. The molecular weight excluding hydrogens is 530 g/mol. The van der Waals surface area contributed by atoms with Gasteiger partial charge in [0.15, 0.2) is 0 Å². The zero-order valence-corrected chi connectivity index (χ0v) is 24.5. The first-order valence-corrected chi connectivity index (χ1v) is 15.3. The normalized spacial score (nSPS) is 13.9. The second kappa shape index (κ2) is 13.6. The summed E-state index contributed by atoms with van der Waals surface area (Å²) < 4.78 is 5.69. The van der Waals surface area contributed by atoms with Crippen molar-refractivity contribution in [2.24, 2.45) is 0 Å². The highest BCUT2D eigenvalue weighted by atomic mass is 32.1. The van der Waals surface area contributed by atoms with Gasteiger partial charge in [-0.1, -0.05) is 60.7 Å². The van der Waals surface area contributed by atoms with Gasteiger partial charge in [-0.3, -0.25) is 9.59 Å². The van der Waals surface area contributed by atoms with Crippen LogP contribution in [-0.2, 0) is 0 Å². The van der Waals surface area contributed by atoms with E-state index in [-0.39, 0.29) is 29.8 Å². The molecule has 1 aliphatic heterocycles. The van der Waals surface area contributed by atoms with Gasteiger partial charge in [0.25, 0.3) is 11.8 Å². The van der Waals surface area contributed by atoms with Crippen molar-refractivity contribution in [2.75, 3.05) is 19.6 Å². The number of benzene rings is 3. The molecule has 6 nitrogen and oxygen atoms in total. The molecular formula is C34H37N3O3S. The lowest BCUT2D eigenvalue weighted by atomic mass is 9.88. The van der Waals surface area contributed by atoms with E-state index in [1.165, 1.54) is 11.1 Å². The number of piperidine rings is 1. The average molecular weight is 568 g/mol. The number of hydrogen-bond acceptors (Lipinski definition) is 5. The number of likely N-dealkylation sites (tertiary alicyclic amines) is 1. The van der Waals surface area contributed by atoms with Gasteiger partial charge < -0.3 is 15.0 Å². The van der Waals surface area contributed by atoms with E-state index in [0.717, 1.165) is 30.0 Å². The number of nitrogens with zero attached hydrogens (tertiary/aromatic N) is 2. The van der Waals surface area contributed by atoms with Crippen LogP contribution in [0.5, 0.6) is 5.75 Å². The Bertz CT molecular complexity index is 1370. The second-order valence-corrected chi connectivity index (χ2v) is 11.6. The fourth-order valence-corrected chi connectivity index (χ4v) is 6.33. The first-order chi connectivity index (χ1) is 20.0. The summed E-state index contributed by atoms with van der Waals surface area (Å²) in [5, 5.41) is 5.91. The minimum absolute atomic E-state index is 0.0445. The maximum atomic E-state index is 13.0. The summed E-state index contributed by atoms with van der Waals surface area (Å²) in [4.78, 5) is 32.6. The predicted octanol–water partition coefficient (Wildman–Crippen LogP) is 6.90. The van der Waals surface area contributed by atoms with Gasteiger partial charge in [0.2, 0.25) is 0 Å². The number of carbonyl (C=O) groups excluding carboxylic acids is 2. The van der Waals surface area contributed by atoms with Crippen LogP contribution >= 0.6 is 11.3 Å². The summed E-state index contributed by atoms with van der Waals surface area (Å²) in [7, 11) is 0. The van der Waals surface area contributed by atoms with Crippen LogP contribution < -0.4 is 10.1 Å². The van der Waals surface area contributed by atoms with Crippen LogP contribution in [0.25, 0.3) is 0 Å². The van der Waals surface area contributed by atoms with E-state index in [4.69, 9.17) is 9.72 Å². The highest BCUT2D eigenvalue weighted by Gasteiger charge is 2.27. The largest absolute Gasteiger partial charge is 0.491 e. The Morgan fingerprint density at radius 1 is 0.927 bits per heavy atom. The highest BCUT2D eigenvalue weighted by molar-refractivity contribution is 7.09. The molecule has 0 saturated carbocycles. The minimum atomic E-state index is -0.134. The number of aromatic nitrogens is 1. The zero-order valence-electron chi connectivity index (χ0n) is 23.7. The van der Waals surface area contributed by atoms with E-state index < -0.39 is 0 Å². The molecule has 3 aromatic carbocycles. The van der Waals surface area contributed by atoms with Gasteiger partial charge in [-0.2, -0.15) is 0 Å². The number of thiazole rings is 1. The molecule has 1 aromatic heterocycles. The summed E-state index contributed by atoms with van der Waals surface area (Å²) in [5.41, 5.74) is 3.63. The van der Waals surface area contributed by atoms with Crippen LogP contribution in [0, 0.1) is 0 Å². The molecule has 4 aromatic rings. The molecule has 0 spiro atoms. The summed E-state index contributed by atoms with van der Waals surface area (Å²) in [6, 6.07) is 28.2. The molecule has 1 N–H and O–H groups in total. The van der Waals surface area contributed by atoms with Crippen molar-refractivity contribution in [3.8, 4) is 5.75 Å². The smallest absolute Gasteiger partial charge is 0.270 e. The van der Waals surface area contributed by atoms with E-state index in [9.17, 15) is 9.59 Å². The predicted molar refractivity (Wildman–Crippen MR) is 164 cm³/mol. The van der Waals surface area contributed by atoms with E-state index in [1.54, 1.807) is 11.3 Å². The van der Waals surface area contributed by atoms with Crippen LogP contribution in [0.4, 0.5) is 0 Å². The summed E-state index contributed by atoms with van der Waals surface area (Å²) in [6.07, 6.45) is 2.58. The van der Waals surface area contributed by atoms with E-state index in [2.05, 4.69) is 53.8 Å². The molecule has 0 radical (unpaired) electrons. The Kier molecular flexibility index (Phi) is 9.47. The number of carbonyl (C=O) groups is 2. The topological polar surface area (TPSA) is 71.5 Å². The molecule has 0 atom stereocenters. The van der Waals surface area contributed by atoms with Gasteiger partial charge in [0.05, 0.1) is 11.1 Å². The van der Waals surface area contributed by atoms with Crippen molar-refractivity contribution >= 4 is 23.2 Å². The number of nitrogens with one attached hydrogen (secondary N) is 1. The van der Waals surface area contributed by atoms with E-state index in [0.29, 0.717) is 30.9 Å². The van der Waals surface area contributed by atoms with E-state index >= 15 is 0 Å². The Morgan fingerprint density at radius 2 is 1.54 bits per heavy atom. The molecule has 5 rings (SSSR count). The maximum absolute atomic E-state index is 13.0. The van der Waals surface area contributed by atoms with Gasteiger partial charge in [-0.15, -0.1) is 11.3 Å². The van der Waals surface area contributed by atoms with Crippen LogP contribution in [0.2, 0.25) is 0 Å². The third kappa shape index (κ3) is 7.41. The van der Waals surface area contributed by atoms with Crippen molar-refractivity contribution in [2.45, 2.75) is 51.0 Å². The van der Waals surface area contributed by atoms with Crippen molar-refractivity contribution in [3.05, 3.63) is 118 Å². The SMILES string of the molecule is CC(C)Oc1ccc(C(=O)N2CCC(c3nc(C(=O)NCCC(c4ccccc4)c4ccccc4)cs3)CC2)cc1. The third-order valence-electron chi connectivity index (χ3n) is 7.48. The van der Waals surface area contributed by atoms with Gasteiger partial charge in [-0.25, -0.2) is 4.98 Å². The summed E-state index contributed by atoms with van der Waals surface area (Å²) >= 11 is 1.54. The molecule has 0 bridgehead atoms. The molecule has 1 fully saturated rings. The van der Waals surface area contributed by atoms with Crippen molar-refractivity contribution < 1.29 is 14.3 Å². The van der Waals surface area contributed by atoms with Gasteiger partial charge in [0.1, 0.15) is 11.4 Å². The average Bonchev–Trinajstić information content (AvgIpc) is 3.51. The second-order valence-electron chi connectivity index (χ2n) is 10.7. The Balaban J connectivity index is 1.12. The van der Waals surface area contributed by atoms with Crippen molar-refractivity contribution in [1.29, 1.82) is 0 Å². The summed E-state index contributed by atoms with van der Waals surface area (Å²) in [6.45, 7) is 5.88. The lowest BCUT2D eigenvalue weighted by Gasteiger charge is -2.31. The number of amides is 2. The van der Waals surface area contributed by atoms with Gasteiger partial charge in [0, 0.05) is 42.4 Å². The minimum Gasteiger partial charge on any atom is -0.491 e. The fraction of sp³-hybridized carbons (Fsp3) is 0.324. The molecule has 41 heavy (non-hydrogen) atoms. The number of hydrogen-bond donors (Lipinski definition) is 1. The van der Waals surface area contributed by atoms with Crippen LogP contribution in [0.3, 0.4) is 0 Å². The monoisotopic (exact) mass is 567 g/mol. The molecule has 2 amide bonds. The lowest BCUT2D eigenvalue weighted by Crippen LogP contribution is -2.37. The van der Waals surface area contributed by atoms with Crippen molar-refractivity contribution in [1.82, 2.24) is 15.2 Å². The van der Waals surface area contributed by atoms with E-state index in [1.807, 2.05) is 60.5 Å². The molecule has 0 unspecified atom stereocenters. The molecule has 7 heteroatoms.